The summed E-state index contributed by atoms with van der Waals surface area (Å²) in [6, 6.07) is 9.91. The van der Waals surface area contributed by atoms with Gasteiger partial charge in [-0.3, -0.25) is 4.79 Å². The fourth-order valence-electron chi connectivity index (χ4n) is 3.02. The predicted molar refractivity (Wildman–Crippen MR) is 83.8 cm³/mol. The van der Waals surface area contributed by atoms with Crippen LogP contribution in [0.5, 0.6) is 0 Å². The third-order valence-electron chi connectivity index (χ3n) is 4.54. The summed E-state index contributed by atoms with van der Waals surface area (Å²) in [6.07, 6.45) is 4.82. The molecule has 0 aromatic heterocycles. The minimum Gasteiger partial charge on any atom is -0.381 e. The maximum Gasteiger partial charge on any atom is 0.224 e. The normalized spacial score (nSPS) is 23.6. The predicted octanol–water partition coefficient (Wildman–Crippen LogP) is 2.49. The Balaban J connectivity index is 1.85. The number of benzene rings is 1. The van der Waals surface area contributed by atoms with Crippen LogP contribution in [0.3, 0.4) is 0 Å². The molecular formula is C17H26N2O2. The molecule has 4 heteroatoms. The van der Waals surface area contributed by atoms with E-state index in [1.165, 1.54) is 0 Å². The highest BCUT2D eigenvalue weighted by Crippen LogP contribution is 2.25. The van der Waals surface area contributed by atoms with Crippen molar-refractivity contribution < 1.29 is 9.53 Å². The maximum atomic E-state index is 12.4. The van der Waals surface area contributed by atoms with E-state index in [1.807, 2.05) is 42.3 Å². The first-order valence-corrected chi connectivity index (χ1v) is 7.70. The van der Waals surface area contributed by atoms with E-state index in [9.17, 15) is 4.79 Å². The van der Waals surface area contributed by atoms with E-state index >= 15 is 0 Å². The summed E-state index contributed by atoms with van der Waals surface area (Å²) >= 11 is 0. The van der Waals surface area contributed by atoms with E-state index in [4.69, 9.17) is 10.5 Å². The zero-order valence-corrected chi connectivity index (χ0v) is 13.0. The van der Waals surface area contributed by atoms with Crippen LogP contribution in [0, 0.1) is 0 Å². The van der Waals surface area contributed by atoms with Gasteiger partial charge < -0.3 is 15.4 Å². The number of rotatable bonds is 5. The van der Waals surface area contributed by atoms with Crippen LogP contribution in [0.15, 0.2) is 30.3 Å². The minimum atomic E-state index is -0.225. The minimum absolute atomic E-state index is 0.132. The molecule has 1 amide bonds. The molecule has 116 valence electrons. The molecule has 0 aliphatic heterocycles. The molecule has 1 aliphatic carbocycles. The van der Waals surface area contributed by atoms with Gasteiger partial charge in [0, 0.05) is 32.7 Å². The van der Waals surface area contributed by atoms with Gasteiger partial charge in [0.25, 0.3) is 0 Å². The van der Waals surface area contributed by atoms with Gasteiger partial charge in [-0.2, -0.15) is 0 Å². The van der Waals surface area contributed by atoms with Crippen molar-refractivity contribution in [3.63, 3.8) is 0 Å². The maximum absolute atomic E-state index is 12.4. The first-order chi connectivity index (χ1) is 10.1. The third kappa shape index (κ3) is 4.29. The molecule has 0 heterocycles. The van der Waals surface area contributed by atoms with E-state index in [1.54, 1.807) is 7.11 Å². The Morgan fingerprint density at radius 2 is 1.90 bits per heavy atom. The van der Waals surface area contributed by atoms with Gasteiger partial charge >= 0.3 is 0 Å². The second-order valence-electron chi connectivity index (χ2n) is 5.89. The van der Waals surface area contributed by atoms with Crippen LogP contribution >= 0.6 is 0 Å². The summed E-state index contributed by atoms with van der Waals surface area (Å²) in [5, 5.41) is 0. The van der Waals surface area contributed by atoms with Crippen LogP contribution in [0.1, 0.15) is 43.7 Å². The molecule has 2 rings (SSSR count). The first kappa shape index (κ1) is 16.0. The number of ether oxygens (including phenoxy) is 1. The van der Waals surface area contributed by atoms with Crippen LogP contribution in [-0.2, 0) is 9.53 Å². The third-order valence-corrected chi connectivity index (χ3v) is 4.54. The van der Waals surface area contributed by atoms with Crippen LogP contribution in [0.25, 0.3) is 0 Å². The molecule has 1 atom stereocenters. The Labute approximate surface area is 127 Å². The monoisotopic (exact) mass is 290 g/mol. The summed E-state index contributed by atoms with van der Waals surface area (Å²) in [5.74, 6) is 0.132. The summed E-state index contributed by atoms with van der Waals surface area (Å²) in [7, 11) is 3.66. The smallest absolute Gasteiger partial charge is 0.224 e. The zero-order valence-electron chi connectivity index (χ0n) is 13.0. The molecule has 1 saturated carbocycles. The van der Waals surface area contributed by atoms with E-state index in [2.05, 4.69) is 0 Å². The Bertz CT molecular complexity index is 441. The molecular weight excluding hydrogens is 264 g/mol. The quantitative estimate of drug-likeness (QED) is 0.906. The molecule has 4 nitrogen and oxygen atoms in total. The van der Waals surface area contributed by atoms with Crippen molar-refractivity contribution in [3.8, 4) is 0 Å². The number of amides is 1. The molecule has 0 saturated heterocycles. The SMILES string of the molecule is COC1CCC(N(C)C(=O)C[C@H](N)c2ccccc2)CC1. The average Bonchev–Trinajstić information content (AvgIpc) is 2.55. The van der Waals surface area contributed by atoms with Gasteiger partial charge in [-0.15, -0.1) is 0 Å². The molecule has 0 unspecified atom stereocenters. The van der Waals surface area contributed by atoms with E-state index in [0.717, 1.165) is 31.2 Å². The number of nitrogens with zero attached hydrogens (tertiary/aromatic N) is 1. The van der Waals surface area contributed by atoms with Gasteiger partial charge in [-0.25, -0.2) is 0 Å². The Morgan fingerprint density at radius 1 is 1.29 bits per heavy atom. The lowest BCUT2D eigenvalue weighted by Crippen LogP contribution is -2.41. The van der Waals surface area contributed by atoms with E-state index in [-0.39, 0.29) is 11.9 Å². The van der Waals surface area contributed by atoms with Crippen LogP contribution in [-0.4, -0.2) is 37.1 Å². The van der Waals surface area contributed by atoms with E-state index < -0.39 is 0 Å². The molecule has 0 bridgehead atoms. The number of methoxy groups -OCH3 is 1. The fraction of sp³-hybridized carbons (Fsp3) is 0.588. The summed E-state index contributed by atoms with van der Waals surface area (Å²) in [4.78, 5) is 14.3. The molecule has 1 aromatic carbocycles. The number of nitrogens with two attached hydrogens (primary N) is 1. The largest absolute Gasteiger partial charge is 0.381 e. The standard InChI is InChI=1S/C17H26N2O2/c1-19(14-8-10-15(21-2)11-9-14)17(20)12-16(18)13-6-4-3-5-7-13/h3-7,14-16H,8-12,18H2,1-2H3/t14?,15?,16-/m0/s1. The van der Waals surface area contributed by atoms with Gasteiger partial charge in [0.05, 0.1) is 6.10 Å². The van der Waals surface area contributed by atoms with Crippen molar-refractivity contribution in [3.05, 3.63) is 35.9 Å². The second kappa shape index (κ2) is 7.57. The van der Waals surface area contributed by atoms with Gasteiger partial charge in [-0.1, -0.05) is 30.3 Å². The first-order valence-electron chi connectivity index (χ1n) is 7.70. The van der Waals surface area contributed by atoms with Gasteiger partial charge in [0.2, 0.25) is 5.91 Å². The highest BCUT2D eigenvalue weighted by molar-refractivity contribution is 5.77. The lowest BCUT2D eigenvalue weighted by atomic mass is 9.91. The molecule has 0 radical (unpaired) electrons. The summed E-state index contributed by atoms with van der Waals surface area (Å²) in [6.45, 7) is 0. The Kier molecular flexibility index (Phi) is 5.76. The lowest BCUT2D eigenvalue weighted by Gasteiger charge is -2.34. The van der Waals surface area contributed by atoms with Crippen LogP contribution in [0.4, 0.5) is 0 Å². The van der Waals surface area contributed by atoms with Crippen molar-refractivity contribution in [2.45, 2.75) is 50.3 Å². The van der Waals surface area contributed by atoms with Crippen LogP contribution in [0.2, 0.25) is 0 Å². The van der Waals surface area contributed by atoms with Crippen LogP contribution < -0.4 is 5.73 Å². The number of carbonyl (C=O) groups is 1. The molecule has 1 aliphatic rings. The highest BCUT2D eigenvalue weighted by atomic mass is 16.5. The molecule has 2 N–H and O–H groups in total. The average molecular weight is 290 g/mol. The summed E-state index contributed by atoms with van der Waals surface area (Å²) < 4.78 is 5.38. The highest BCUT2D eigenvalue weighted by Gasteiger charge is 2.27. The molecule has 21 heavy (non-hydrogen) atoms. The molecule has 1 aromatic rings. The Morgan fingerprint density at radius 3 is 2.48 bits per heavy atom. The lowest BCUT2D eigenvalue weighted by molar-refractivity contribution is -0.133. The van der Waals surface area contributed by atoms with Crippen molar-refractivity contribution in [2.24, 2.45) is 5.73 Å². The van der Waals surface area contributed by atoms with Crippen molar-refractivity contribution in [1.29, 1.82) is 0 Å². The van der Waals surface area contributed by atoms with Crippen molar-refractivity contribution >= 4 is 5.91 Å². The van der Waals surface area contributed by atoms with Gasteiger partial charge in [0.1, 0.15) is 0 Å². The number of hydrogen-bond acceptors (Lipinski definition) is 3. The molecule has 0 spiro atoms. The number of carbonyl (C=O) groups excluding carboxylic acids is 1. The Hall–Kier alpha value is -1.39. The van der Waals surface area contributed by atoms with Crippen molar-refractivity contribution in [2.75, 3.05) is 14.2 Å². The van der Waals surface area contributed by atoms with Gasteiger partial charge in [0.15, 0.2) is 0 Å². The van der Waals surface area contributed by atoms with Gasteiger partial charge in [-0.05, 0) is 31.2 Å². The van der Waals surface area contributed by atoms with Crippen molar-refractivity contribution in [1.82, 2.24) is 4.90 Å². The fourth-order valence-corrected chi connectivity index (χ4v) is 3.02. The topological polar surface area (TPSA) is 55.6 Å². The van der Waals surface area contributed by atoms with E-state index in [0.29, 0.717) is 18.6 Å². The number of hydrogen-bond donors (Lipinski definition) is 1. The summed E-state index contributed by atoms with van der Waals surface area (Å²) in [5.41, 5.74) is 7.16. The molecule has 1 fully saturated rings. The second-order valence-corrected chi connectivity index (χ2v) is 5.89. The zero-order chi connectivity index (χ0) is 15.2.